The summed E-state index contributed by atoms with van der Waals surface area (Å²) in [7, 11) is 0. The Kier molecular flexibility index (Phi) is 12.3. The summed E-state index contributed by atoms with van der Waals surface area (Å²) in [6, 6.07) is 26.2. The Morgan fingerprint density at radius 2 is 0.483 bits per heavy atom. The van der Waals surface area contributed by atoms with Gasteiger partial charge in [-0.05, 0) is 118 Å². The van der Waals surface area contributed by atoms with Gasteiger partial charge in [0, 0.05) is 68.2 Å². The number of ether oxygens (including phenoxy) is 8. The molecule has 0 spiro atoms. The third-order valence-corrected chi connectivity index (χ3v) is 12.6. The number of hydrogen-bond donors (Lipinski definition) is 0. The zero-order chi connectivity index (χ0) is 41.0. The topological polar surface area (TPSA) is 73.8 Å². The van der Waals surface area contributed by atoms with Crippen LogP contribution in [0, 0.1) is 0 Å². The van der Waals surface area contributed by atoms with Crippen LogP contribution in [0.5, 0.6) is 46.0 Å². The molecule has 0 atom stereocenters. The lowest BCUT2D eigenvalue weighted by atomic mass is 9.32. The molecule has 4 fully saturated rings. The van der Waals surface area contributed by atoms with Gasteiger partial charge in [0.2, 0.25) is 0 Å². The van der Waals surface area contributed by atoms with Gasteiger partial charge in [-0.15, -0.1) is 0 Å². The van der Waals surface area contributed by atoms with Crippen LogP contribution in [0.4, 0.5) is 0 Å². The SMILES string of the molecule is CCOc1ccc(C23CC4(c5ccc(OCC)cc5OCC)CC(c5ccc(OCC)cc5OCC)(C2)CC(c2ccc(OCC)cc2OCC)(C3)C4)c(OCC)c1. The monoisotopic (exact) mass is 792 g/mol. The number of benzene rings is 4. The molecule has 0 unspecified atom stereocenters. The molecule has 0 aliphatic heterocycles. The standard InChI is InChI=1S/C50H64O8/c1-9-51-35-17-21-39(43(25-35)55-13-5)47-29-48(40-22-18-36(52-10-2)26-44(40)56-14-6)32-49(30-47,41-23-19-37(53-11-3)27-45(41)57-15-7)34-50(31-47,33-48)42-24-20-38(54-12-4)28-46(42)58-16-8/h17-28H,9-16,29-34H2,1-8H3. The van der Waals surface area contributed by atoms with Gasteiger partial charge in [-0.3, -0.25) is 0 Å². The van der Waals surface area contributed by atoms with Crippen LogP contribution >= 0.6 is 0 Å². The summed E-state index contributed by atoms with van der Waals surface area (Å²) in [6.45, 7) is 20.9. The normalized spacial score (nSPS) is 24.3. The fourth-order valence-corrected chi connectivity index (χ4v) is 11.7. The van der Waals surface area contributed by atoms with Crippen LogP contribution in [-0.4, -0.2) is 52.9 Å². The third-order valence-electron chi connectivity index (χ3n) is 12.6. The Bertz CT molecular complexity index is 1710. The zero-order valence-electron chi connectivity index (χ0n) is 36.1. The van der Waals surface area contributed by atoms with Crippen molar-refractivity contribution >= 4 is 0 Å². The summed E-state index contributed by atoms with van der Waals surface area (Å²) < 4.78 is 50.9. The summed E-state index contributed by atoms with van der Waals surface area (Å²) in [5, 5.41) is 0. The lowest BCUT2D eigenvalue weighted by Gasteiger charge is -2.71. The smallest absolute Gasteiger partial charge is 0.126 e. The molecule has 0 radical (unpaired) electrons. The van der Waals surface area contributed by atoms with E-state index in [1.165, 1.54) is 22.3 Å². The molecule has 4 bridgehead atoms. The maximum Gasteiger partial charge on any atom is 0.126 e. The zero-order valence-corrected chi connectivity index (χ0v) is 36.1. The molecule has 0 amide bonds. The highest BCUT2D eigenvalue weighted by Gasteiger charge is 2.71. The van der Waals surface area contributed by atoms with E-state index in [0.29, 0.717) is 52.9 Å². The first kappa shape index (κ1) is 41.4. The first-order chi connectivity index (χ1) is 28.2. The largest absolute Gasteiger partial charge is 0.494 e. The van der Waals surface area contributed by atoms with Crippen LogP contribution in [0.15, 0.2) is 72.8 Å². The Balaban J connectivity index is 1.58. The molecule has 4 saturated carbocycles. The van der Waals surface area contributed by atoms with Gasteiger partial charge in [0.25, 0.3) is 0 Å². The summed E-state index contributed by atoms with van der Waals surface area (Å²) in [5.74, 6) is 6.83. The number of hydrogen-bond acceptors (Lipinski definition) is 8. The second-order valence-corrected chi connectivity index (χ2v) is 16.3. The van der Waals surface area contributed by atoms with Crippen molar-refractivity contribution in [2.24, 2.45) is 0 Å². The molecule has 0 aromatic heterocycles. The molecule has 4 aliphatic rings. The predicted octanol–water partition coefficient (Wildman–Crippen LogP) is 11.3. The minimum atomic E-state index is -0.323. The fraction of sp³-hybridized carbons (Fsp3) is 0.520. The van der Waals surface area contributed by atoms with E-state index < -0.39 is 0 Å². The molecule has 4 aromatic carbocycles. The van der Waals surface area contributed by atoms with Gasteiger partial charge >= 0.3 is 0 Å². The summed E-state index contributed by atoms with van der Waals surface area (Å²) >= 11 is 0. The van der Waals surface area contributed by atoms with Crippen molar-refractivity contribution in [3.8, 4) is 46.0 Å². The van der Waals surface area contributed by atoms with Gasteiger partial charge in [0.05, 0.1) is 52.9 Å². The van der Waals surface area contributed by atoms with E-state index in [4.69, 9.17) is 37.9 Å². The lowest BCUT2D eigenvalue weighted by Crippen LogP contribution is -2.67. The summed E-state index contributed by atoms with van der Waals surface area (Å²) in [4.78, 5) is 0. The molecule has 8 heteroatoms. The van der Waals surface area contributed by atoms with E-state index in [0.717, 1.165) is 84.5 Å². The van der Waals surface area contributed by atoms with Crippen LogP contribution < -0.4 is 37.9 Å². The van der Waals surface area contributed by atoms with Crippen LogP contribution in [0.25, 0.3) is 0 Å². The predicted molar refractivity (Wildman–Crippen MR) is 230 cm³/mol. The van der Waals surface area contributed by atoms with Crippen LogP contribution in [0.3, 0.4) is 0 Å². The van der Waals surface area contributed by atoms with Crippen molar-refractivity contribution in [3.63, 3.8) is 0 Å². The summed E-state index contributed by atoms with van der Waals surface area (Å²) in [6.07, 6.45) is 5.55. The van der Waals surface area contributed by atoms with Gasteiger partial charge in [-0.25, -0.2) is 0 Å². The maximum absolute atomic E-state index is 6.64. The van der Waals surface area contributed by atoms with E-state index >= 15 is 0 Å². The van der Waals surface area contributed by atoms with Crippen molar-refractivity contribution in [2.75, 3.05) is 52.9 Å². The molecule has 0 heterocycles. The van der Waals surface area contributed by atoms with E-state index in [1.807, 2.05) is 27.7 Å². The molecule has 312 valence electrons. The van der Waals surface area contributed by atoms with Gasteiger partial charge < -0.3 is 37.9 Å². The van der Waals surface area contributed by atoms with Gasteiger partial charge in [0.1, 0.15) is 46.0 Å². The minimum Gasteiger partial charge on any atom is -0.494 e. The molecule has 58 heavy (non-hydrogen) atoms. The van der Waals surface area contributed by atoms with Gasteiger partial charge in [-0.1, -0.05) is 24.3 Å². The van der Waals surface area contributed by atoms with Crippen molar-refractivity contribution < 1.29 is 37.9 Å². The highest BCUT2D eigenvalue weighted by molar-refractivity contribution is 5.60. The minimum absolute atomic E-state index is 0.323. The Hall–Kier alpha value is -4.72. The molecule has 0 N–H and O–H groups in total. The molecular weight excluding hydrogens is 729 g/mol. The van der Waals surface area contributed by atoms with Crippen LogP contribution in [0.1, 0.15) is 116 Å². The quantitative estimate of drug-likeness (QED) is 0.0876. The Labute approximate surface area is 346 Å². The highest BCUT2D eigenvalue weighted by atomic mass is 16.5. The average Bonchev–Trinajstić information content (AvgIpc) is 3.19. The van der Waals surface area contributed by atoms with E-state index in [2.05, 4.69) is 100 Å². The van der Waals surface area contributed by atoms with Gasteiger partial charge in [-0.2, -0.15) is 0 Å². The van der Waals surface area contributed by atoms with E-state index in [1.54, 1.807) is 0 Å². The van der Waals surface area contributed by atoms with Crippen molar-refractivity contribution in [2.45, 2.75) is 116 Å². The van der Waals surface area contributed by atoms with Crippen LogP contribution in [-0.2, 0) is 21.7 Å². The Morgan fingerprint density at radius 3 is 0.655 bits per heavy atom. The molecule has 8 rings (SSSR count). The molecule has 0 saturated heterocycles. The molecular formula is C50H64O8. The first-order valence-corrected chi connectivity index (χ1v) is 21.8. The fourth-order valence-electron chi connectivity index (χ4n) is 11.7. The van der Waals surface area contributed by atoms with Crippen molar-refractivity contribution in [1.29, 1.82) is 0 Å². The highest BCUT2D eigenvalue weighted by Crippen LogP contribution is 2.77. The van der Waals surface area contributed by atoms with Gasteiger partial charge in [0.15, 0.2) is 0 Å². The molecule has 4 aliphatic carbocycles. The molecule has 8 nitrogen and oxygen atoms in total. The molecule has 4 aromatic rings. The van der Waals surface area contributed by atoms with E-state index in [9.17, 15) is 0 Å². The summed E-state index contributed by atoms with van der Waals surface area (Å²) in [5.41, 5.74) is 3.62. The maximum atomic E-state index is 6.64. The second kappa shape index (κ2) is 17.2. The van der Waals surface area contributed by atoms with Crippen LogP contribution in [0.2, 0.25) is 0 Å². The van der Waals surface area contributed by atoms with Crippen molar-refractivity contribution in [1.82, 2.24) is 0 Å². The van der Waals surface area contributed by atoms with E-state index in [-0.39, 0.29) is 21.7 Å². The Morgan fingerprint density at radius 1 is 0.293 bits per heavy atom. The first-order valence-electron chi connectivity index (χ1n) is 21.8. The third kappa shape index (κ3) is 7.52. The van der Waals surface area contributed by atoms with Crippen molar-refractivity contribution in [3.05, 3.63) is 95.1 Å². The number of rotatable bonds is 20. The average molecular weight is 793 g/mol. The lowest BCUT2D eigenvalue weighted by molar-refractivity contribution is -0.0719. The second-order valence-electron chi connectivity index (χ2n) is 16.3.